The van der Waals surface area contributed by atoms with Gasteiger partial charge in [0.15, 0.2) is 4.90 Å². The summed E-state index contributed by atoms with van der Waals surface area (Å²) in [5.41, 5.74) is 1.66. The van der Waals surface area contributed by atoms with Gasteiger partial charge in [0.2, 0.25) is 5.25 Å². The van der Waals surface area contributed by atoms with Crippen molar-refractivity contribution in [2.24, 2.45) is 0 Å². The molecular weight excluding hydrogens is 378 g/mol. The van der Waals surface area contributed by atoms with Gasteiger partial charge in [0.05, 0.1) is 0 Å². The molecule has 158 valence electrons. The maximum absolute atomic E-state index is 12.8. The van der Waals surface area contributed by atoms with Crippen molar-refractivity contribution >= 4 is 17.1 Å². The fourth-order valence-electron chi connectivity index (χ4n) is 3.23. The van der Waals surface area contributed by atoms with E-state index < -0.39 is 22.3 Å². The number of ether oxygens (including phenoxy) is 1. The van der Waals surface area contributed by atoms with Crippen molar-refractivity contribution in [1.82, 2.24) is 15.7 Å². The number of carbonyl (C=O) groups is 1. The fourth-order valence-corrected chi connectivity index (χ4v) is 4.59. The lowest BCUT2D eigenvalue weighted by molar-refractivity contribution is -0.128. The summed E-state index contributed by atoms with van der Waals surface area (Å²) >= 11 is -1.52. The van der Waals surface area contributed by atoms with Gasteiger partial charge in [-0.1, -0.05) is 26.2 Å². The number of amides is 1. The number of benzene rings is 1. The van der Waals surface area contributed by atoms with E-state index in [0.29, 0.717) is 17.9 Å². The highest BCUT2D eigenvalue weighted by atomic mass is 32.2. The van der Waals surface area contributed by atoms with Gasteiger partial charge in [0.1, 0.15) is 12.4 Å². The highest BCUT2D eigenvalue weighted by Crippen LogP contribution is 2.23. The first kappa shape index (κ1) is 23.0. The normalized spacial score (nSPS) is 17.1. The van der Waals surface area contributed by atoms with Crippen molar-refractivity contribution in [2.45, 2.75) is 49.2 Å². The molecule has 1 aromatic carbocycles. The van der Waals surface area contributed by atoms with Gasteiger partial charge in [-0.2, -0.15) is 0 Å². The largest absolute Gasteiger partial charge is 0.611 e. The van der Waals surface area contributed by atoms with Gasteiger partial charge in [-0.25, -0.2) is 5.48 Å². The second-order valence-corrected chi connectivity index (χ2v) is 8.66. The van der Waals surface area contributed by atoms with Crippen LogP contribution in [0.5, 0.6) is 5.75 Å². The van der Waals surface area contributed by atoms with Crippen molar-refractivity contribution in [3.8, 4) is 5.75 Å². The molecule has 2 unspecified atom stereocenters. The van der Waals surface area contributed by atoms with E-state index in [-0.39, 0.29) is 0 Å². The zero-order chi connectivity index (χ0) is 20.2. The standard InChI is InChI=1S/C20H33N3O4S/c1-2-3-4-5-6-19(20(24)22-25)28(26)18-9-7-17(8-10-18)27-16-15-23-13-11-21-12-14-23/h7-10,19,21,25H,2-6,11-16H2,1H3,(H,22,24). The molecule has 0 aromatic heterocycles. The highest BCUT2D eigenvalue weighted by molar-refractivity contribution is 7.92. The van der Waals surface area contributed by atoms with Crippen LogP contribution in [-0.2, 0) is 16.0 Å². The zero-order valence-electron chi connectivity index (χ0n) is 16.7. The van der Waals surface area contributed by atoms with Crippen LogP contribution in [0.4, 0.5) is 0 Å². The molecule has 28 heavy (non-hydrogen) atoms. The number of rotatable bonds is 12. The number of unbranched alkanes of at least 4 members (excludes halogenated alkanes) is 3. The summed E-state index contributed by atoms with van der Waals surface area (Å²) in [6, 6.07) is 7.05. The Labute approximate surface area is 171 Å². The van der Waals surface area contributed by atoms with Gasteiger partial charge in [-0.15, -0.1) is 0 Å². The summed E-state index contributed by atoms with van der Waals surface area (Å²) < 4.78 is 18.6. The molecule has 2 rings (SSSR count). The van der Waals surface area contributed by atoms with E-state index in [4.69, 9.17) is 9.94 Å². The van der Waals surface area contributed by atoms with Gasteiger partial charge in [0, 0.05) is 39.1 Å². The zero-order valence-corrected chi connectivity index (χ0v) is 17.5. The maximum atomic E-state index is 12.8. The van der Waals surface area contributed by atoms with Crippen LogP contribution in [0.1, 0.15) is 39.0 Å². The van der Waals surface area contributed by atoms with Crippen LogP contribution in [0.15, 0.2) is 29.2 Å². The Morgan fingerprint density at radius 3 is 2.64 bits per heavy atom. The van der Waals surface area contributed by atoms with Gasteiger partial charge in [0.25, 0.3) is 5.91 Å². The predicted molar refractivity (Wildman–Crippen MR) is 110 cm³/mol. The van der Waals surface area contributed by atoms with Crippen LogP contribution in [0.25, 0.3) is 0 Å². The van der Waals surface area contributed by atoms with Crippen LogP contribution in [0.3, 0.4) is 0 Å². The Bertz CT molecular complexity index is 567. The molecule has 0 aliphatic carbocycles. The second-order valence-electron chi connectivity index (χ2n) is 7.02. The third-order valence-corrected chi connectivity index (χ3v) is 6.63. The molecule has 0 bridgehead atoms. The minimum absolute atomic E-state index is 0.488. The molecule has 1 heterocycles. The number of carbonyl (C=O) groups excluding carboxylic acids is 1. The third kappa shape index (κ3) is 7.60. The summed E-state index contributed by atoms with van der Waals surface area (Å²) in [4.78, 5) is 14.9. The van der Waals surface area contributed by atoms with Crippen molar-refractivity contribution in [3.63, 3.8) is 0 Å². The monoisotopic (exact) mass is 411 g/mol. The first-order chi connectivity index (χ1) is 13.7. The molecule has 2 atom stereocenters. The summed E-state index contributed by atoms with van der Waals surface area (Å²) in [7, 11) is 0. The quantitative estimate of drug-likeness (QED) is 0.210. The minimum Gasteiger partial charge on any atom is -0.611 e. The lowest BCUT2D eigenvalue weighted by Gasteiger charge is -2.26. The van der Waals surface area contributed by atoms with Gasteiger partial charge < -0.3 is 14.6 Å². The molecule has 1 fully saturated rings. The smallest absolute Gasteiger partial charge is 0.296 e. The third-order valence-electron chi connectivity index (χ3n) is 4.92. The second kappa shape index (κ2) is 13.0. The number of nitrogens with one attached hydrogen (secondary N) is 2. The van der Waals surface area contributed by atoms with Crippen molar-refractivity contribution in [1.29, 1.82) is 0 Å². The Morgan fingerprint density at radius 1 is 1.29 bits per heavy atom. The maximum Gasteiger partial charge on any atom is 0.296 e. The van der Waals surface area contributed by atoms with Crippen molar-refractivity contribution < 1.29 is 19.3 Å². The van der Waals surface area contributed by atoms with E-state index in [0.717, 1.165) is 64.2 Å². The first-order valence-electron chi connectivity index (χ1n) is 10.2. The topological polar surface area (TPSA) is 96.9 Å². The SMILES string of the molecule is CCCCCCC(C(=O)NO)[S+]([O-])c1ccc(OCCN2CCNCC2)cc1. The van der Waals surface area contributed by atoms with Crippen LogP contribution < -0.4 is 15.5 Å². The summed E-state index contributed by atoms with van der Waals surface area (Å²) in [5.74, 6) is 0.133. The molecule has 1 aliphatic rings. The fraction of sp³-hybridized carbons (Fsp3) is 0.650. The highest BCUT2D eigenvalue weighted by Gasteiger charge is 2.31. The number of hydroxylamine groups is 1. The Morgan fingerprint density at radius 2 is 2.00 bits per heavy atom. The Balaban J connectivity index is 1.84. The summed E-state index contributed by atoms with van der Waals surface area (Å²) in [5, 5.41) is 11.6. The number of nitrogens with zero attached hydrogens (tertiary/aromatic N) is 1. The van der Waals surface area contributed by atoms with E-state index in [9.17, 15) is 9.35 Å². The average Bonchev–Trinajstić information content (AvgIpc) is 2.74. The first-order valence-corrected chi connectivity index (χ1v) is 11.4. The number of hydrogen-bond donors (Lipinski definition) is 3. The molecule has 1 aromatic rings. The Hall–Kier alpha value is -1.32. The predicted octanol–water partition coefficient (Wildman–Crippen LogP) is 1.92. The molecule has 0 radical (unpaired) electrons. The van der Waals surface area contributed by atoms with Crippen molar-refractivity contribution in [2.75, 3.05) is 39.3 Å². The van der Waals surface area contributed by atoms with E-state index in [1.807, 2.05) is 0 Å². The molecule has 3 N–H and O–H groups in total. The molecule has 1 amide bonds. The van der Waals surface area contributed by atoms with E-state index in [1.54, 1.807) is 29.7 Å². The lowest BCUT2D eigenvalue weighted by atomic mass is 10.1. The molecule has 0 saturated carbocycles. The van der Waals surface area contributed by atoms with Crippen LogP contribution >= 0.6 is 0 Å². The average molecular weight is 412 g/mol. The van der Waals surface area contributed by atoms with Crippen molar-refractivity contribution in [3.05, 3.63) is 24.3 Å². The molecule has 7 nitrogen and oxygen atoms in total. The number of hydrogen-bond acceptors (Lipinski definition) is 6. The minimum atomic E-state index is -1.52. The molecule has 1 saturated heterocycles. The molecule has 1 aliphatic heterocycles. The summed E-state index contributed by atoms with van der Waals surface area (Å²) in [6.07, 6.45) is 4.46. The molecular formula is C20H33N3O4S. The van der Waals surface area contributed by atoms with E-state index in [1.165, 1.54) is 0 Å². The van der Waals surface area contributed by atoms with E-state index >= 15 is 0 Å². The van der Waals surface area contributed by atoms with Gasteiger partial charge in [-0.05, 0) is 41.9 Å². The summed E-state index contributed by atoms with van der Waals surface area (Å²) in [6.45, 7) is 7.70. The van der Waals surface area contributed by atoms with Crippen LogP contribution in [-0.4, -0.2) is 65.1 Å². The van der Waals surface area contributed by atoms with E-state index in [2.05, 4.69) is 17.1 Å². The van der Waals surface area contributed by atoms with Crippen LogP contribution in [0, 0.1) is 0 Å². The molecule has 0 spiro atoms. The number of piperazine rings is 1. The lowest BCUT2D eigenvalue weighted by Crippen LogP contribution is -2.44. The Kier molecular flexibility index (Phi) is 10.7. The molecule has 8 heteroatoms. The van der Waals surface area contributed by atoms with Crippen LogP contribution in [0.2, 0.25) is 0 Å². The van der Waals surface area contributed by atoms with Gasteiger partial charge >= 0.3 is 0 Å². The van der Waals surface area contributed by atoms with Gasteiger partial charge in [-0.3, -0.25) is 14.9 Å².